The summed E-state index contributed by atoms with van der Waals surface area (Å²) in [5.74, 6) is 0.369. The third-order valence-electron chi connectivity index (χ3n) is 4.33. The summed E-state index contributed by atoms with van der Waals surface area (Å²) in [4.78, 5) is 26.7. The molecule has 0 spiro atoms. The molecule has 1 aromatic rings. The summed E-state index contributed by atoms with van der Waals surface area (Å²) in [5, 5.41) is 0. The molecule has 1 amide bonds. The third-order valence-corrected chi connectivity index (χ3v) is 5.11. The van der Waals surface area contributed by atoms with Crippen LogP contribution in [-0.2, 0) is 9.53 Å². The Morgan fingerprint density at radius 1 is 1.16 bits per heavy atom. The second kappa shape index (κ2) is 7.51. The van der Waals surface area contributed by atoms with Crippen LogP contribution in [0.5, 0.6) is 17.2 Å². The van der Waals surface area contributed by atoms with Gasteiger partial charge in [0.15, 0.2) is 11.5 Å². The molecule has 1 aliphatic rings. The molecule has 0 unspecified atom stereocenters. The van der Waals surface area contributed by atoms with Crippen molar-refractivity contribution in [1.29, 1.82) is 0 Å². The molecule has 1 fully saturated rings. The minimum atomic E-state index is -0.896. The maximum Gasteiger partial charge on any atom is 0.332 e. The normalized spacial score (nSPS) is 14.5. The number of carbonyl (C=O) groups is 2. The van der Waals surface area contributed by atoms with Crippen molar-refractivity contribution in [1.82, 2.24) is 4.90 Å². The number of esters is 1. The minimum Gasteiger partial charge on any atom is -0.493 e. The van der Waals surface area contributed by atoms with Gasteiger partial charge in [0.05, 0.1) is 38.0 Å². The highest BCUT2D eigenvalue weighted by molar-refractivity contribution is 9.10. The molecule has 0 atom stereocenters. The number of hydrogen-bond acceptors (Lipinski definition) is 6. The van der Waals surface area contributed by atoms with E-state index in [1.165, 1.54) is 26.2 Å². The molecule has 0 aliphatic heterocycles. The van der Waals surface area contributed by atoms with Crippen molar-refractivity contribution >= 4 is 27.8 Å². The molecule has 1 saturated carbocycles. The number of benzene rings is 1. The van der Waals surface area contributed by atoms with Crippen molar-refractivity contribution in [3.63, 3.8) is 0 Å². The van der Waals surface area contributed by atoms with E-state index >= 15 is 0 Å². The van der Waals surface area contributed by atoms with Crippen molar-refractivity contribution < 1.29 is 28.5 Å². The lowest BCUT2D eigenvalue weighted by molar-refractivity contribution is -0.149. The molecular formula is C17H22BrNO6. The van der Waals surface area contributed by atoms with E-state index in [0.717, 1.165) is 0 Å². The van der Waals surface area contributed by atoms with Gasteiger partial charge in [-0.2, -0.15) is 0 Å². The highest BCUT2D eigenvalue weighted by Gasteiger charge is 2.56. The van der Waals surface area contributed by atoms with E-state index in [1.807, 2.05) is 0 Å². The van der Waals surface area contributed by atoms with Crippen LogP contribution in [0.2, 0.25) is 0 Å². The highest BCUT2D eigenvalue weighted by atomic mass is 79.9. The SMILES string of the molecule is CCOC(=O)C1(N(C)C(=O)c2cc(OC)c(OC)c(OC)c2Br)CC1. The smallest absolute Gasteiger partial charge is 0.332 e. The quantitative estimate of drug-likeness (QED) is 0.637. The molecule has 0 bridgehead atoms. The van der Waals surface area contributed by atoms with Crippen LogP contribution < -0.4 is 14.2 Å². The average molecular weight is 416 g/mol. The number of amides is 1. The lowest BCUT2D eigenvalue weighted by Crippen LogP contribution is -2.45. The van der Waals surface area contributed by atoms with Crippen molar-refractivity contribution in [2.75, 3.05) is 35.0 Å². The van der Waals surface area contributed by atoms with Gasteiger partial charge in [-0.1, -0.05) is 0 Å². The van der Waals surface area contributed by atoms with E-state index in [4.69, 9.17) is 18.9 Å². The molecule has 1 aromatic carbocycles. The van der Waals surface area contributed by atoms with E-state index < -0.39 is 5.54 Å². The van der Waals surface area contributed by atoms with Crippen LogP contribution in [0.25, 0.3) is 0 Å². The van der Waals surface area contributed by atoms with Crippen LogP contribution >= 0.6 is 15.9 Å². The van der Waals surface area contributed by atoms with Crippen LogP contribution in [0.3, 0.4) is 0 Å². The first kappa shape index (κ1) is 19.4. The fraction of sp³-hybridized carbons (Fsp3) is 0.529. The maximum absolute atomic E-state index is 13.0. The van der Waals surface area contributed by atoms with Gasteiger partial charge in [0.1, 0.15) is 5.54 Å². The van der Waals surface area contributed by atoms with Gasteiger partial charge in [-0.25, -0.2) is 4.79 Å². The Morgan fingerprint density at radius 3 is 2.20 bits per heavy atom. The number of hydrogen-bond donors (Lipinski definition) is 0. The summed E-state index contributed by atoms with van der Waals surface area (Å²) < 4.78 is 21.5. The van der Waals surface area contributed by atoms with Crippen LogP contribution in [-0.4, -0.2) is 57.3 Å². The summed E-state index contributed by atoms with van der Waals surface area (Å²) in [6.45, 7) is 2.02. The Kier molecular flexibility index (Phi) is 5.82. The first-order valence-electron chi connectivity index (χ1n) is 7.81. The zero-order valence-electron chi connectivity index (χ0n) is 15.0. The molecule has 0 radical (unpaired) electrons. The molecule has 2 rings (SSSR count). The summed E-state index contributed by atoms with van der Waals surface area (Å²) in [6.07, 6.45) is 1.16. The van der Waals surface area contributed by atoms with Crippen molar-refractivity contribution in [3.8, 4) is 17.2 Å². The Hall–Kier alpha value is -1.96. The number of likely N-dealkylation sites (N-methyl/N-ethyl adjacent to an activating group) is 1. The number of methoxy groups -OCH3 is 3. The molecule has 0 N–H and O–H groups in total. The topological polar surface area (TPSA) is 74.3 Å². The standard InChI is InChI=1S/C17H22BrNO6/c1-6-25-16(21)17(7-8-17)19(2)15(20)10-9-11(22-3)13(23-4)14(24-5)12(10)18/h9H,6-8H2,1-5H3. The van der Waals surface area contributed by atoms with Crippen molar-refractivity contribution in [3.05, 3.63) is 16.1 Å². The Labute approximate surface area is 155 Å². The first-order chi connectivity index (χ1) is 11.9. The molecule has 8 heteroatoms. The van der Waals surface area contributed by atoms with Crippen molar-refractivity contribution in [2.24, 2.45) is 0 Å². The largest absolute Gasteiger partial charge is 0.493 e. The Balaban J connectivity index is 2.44. The number of halogens is 1. The fourth-order valence-electron chi connectivity index (χ4n) is 2.71. The Morgan fingerprint density at radius 2 is 1.76 bits per heavy atom. The number of nitrogens with zero attached hydrogens (tertiary/aromatic N) is 1. The molecule has 0 saturated heterocycles. The van der Waals surface area contributed by atoms with Crippen LogP contribution in [0, 0.1) is 0 Å². The van der Waals surface area contributed by atoms with Crippen LogP contribution in [0.1, 0.15) is 30.1 Å². The molecule has 0 aromatic heterocycles. The minimum absolute atomic E-state index is 0.274. The second-order valence-corrected chi connectivity index (χ2v) is 6.42. The van der Waals surface area contributed by atoms with Gasteiger partial charge in [0.2, 0.25) is 5.75 Å². The Bertz CT molecular complexity index is 686. The summed E-state index contributed by atoms with van der Waals surface area (Å²) in [7, 11) is 6.04. The second-order valence-electron chi connectivity index (χ2n) is 5.62. The van der Waals surface area contributed by atoms with E-state index in [0.29, 0.717) is 40.1 Å². The lowest BCUT2D eigenvalue weighted by atomic mass is 10.1. The zero-order chi connectivity index (χ0) is 18.8. The van der Waals surface area contributed by atoms with Gasteiger partial charge < -0.3 is 23.8 Å². The molecule has 7 nitrogen and oxygen atoms in total. The van der Waals surface area contributed by atoms with Gasteiger partial charge in [0, 0.05) is 7.05 Å². The number of rotatable bonds is 7. The predicted octanol–water partition coefficient (Wildman–Crippen LogP) is 2.64. The van der Waals surface area contributed by atoms with E-state index in [9.17, 15) is 9.59 Å². The fourth-order valence-corrected chi connectivity index (χ4v) is 3.34. The molecular weight excluding hydrogens is 394 g/mol. The van der Waals surface area contributed by atoms with Gasteiger partial charge >= 0.3 is 5.97 Å². The van der Waals surface area contributed by atoms with Gasteiger partial charge in [-0.3, -0.25) is 4.79 Å². The van der Waals surface area contributed by atoms with Gasteiger partial charge in [-0.05, 0) is 41.8 Å². The first-order valence-corrected chi connectivity index (χ1v) is 8.61. The molecule has 1 aliphatic carbocycles. The third kappa shape index (κ3) is 3.27. The van der Waals surface area contributed by atoms with Crippen molar-refractivity contribution in [2.45, 2.75) is 25.3 Å². The zero-order valence-corrected chi connectivity index (χ0v) is 16.6. The van der Waals surface area contributed by atoms with Crippen LogP contribution in [0.4, 0.5) is 0 Å². The van der Waals surface area contributed by atoms with Gasteiger partial charge in [0.25, 0.3) is 5.91 Å². The molecule has 138 valence electrons. The predicted molar refractivity (Wildman–Crippen MR) is 94.5 cm³/mol. The number of carbonyl (C=O) groups excluding carboxylic acids is 2. The van der Waals surface area contributed by atoms with E-state index in [2.05, 4.69) is 15.9 Å². The van der Waals surface area contributed by atoms with E-state index in [-0.39, 0.29) is 18.5 Å². The summed E-state index contributed by atoms with van der Waals surface area (Å²) in [6, 6.07) is 1.56. The monoisotopic (exact) mass is 415 g/mol. The molecule has 0 heterocycles. The summed E-state index contributed by atoms with van der Waals surface area (Å²) in [5.41, 5.74) is -0.583. The number of ether oxygens (including phenoxy) is 4. The lowest BCUT2D eigenvalue weighted by Gasteiger charge is -2.27. The molecule has 25 heavy (non-hydrogen) atoms. The van der Waals surface area contributed by atoms with Gasteiger partial charge in [-0.15, -0.1) is 0 Å². The average Bonchev–Trinajstić information content (AvgIpc) is 3.42. The maximum atomic E-state index is 13.0. The van der Waals surface area contributed by atoms with E-state index in [1.54, 1.807) is 20.0 Å². The highest BCUT2D eigenvalue weighted by Crippen LogP contribution is 2.47. The van der Waals surface area contributed by atoms with Crippen LogP contribution in [0.15, 0.2) is 10.5 Å². The summed E-state index contributed by atoms with van der Waals surface area (Å²) >= 11 is 3.40.